The highest BCUT2D eigenvalue weighted by Crippen LogP contribution is 1.69. The van der Waals surface area contributed by atoms with Gasteiger partial charge in [-0.15, -0.1) is 5.92 Å². The SMILES string of the molecule is [CH2-]C#CC#CC#CC#CC#CC#CC#CC#CC#CC#CC#CC#CC#CC#CC#CC#CC#CC#CC#CC#CC#CC#CC#CC#CC#CC#CC#CC#CC#CC#CC#CC#CC#CC#CC#CC#CC#CC#CC#CC#CC#CC#CC#CC#CC#CC#CC#CC#CC#CC#CC#CC#CC#CC#CC#CC#CC#CC. The van der Waals surface area contributed by atoms with Gasteiger partial charge in [0.1, 0.15) is 0 Å². The van der Waals surface area contributed by atoms with E-state index >= 15 is 0 Å². The zero-order chi connectivity index (χ0) is 82.6. The van der Waals surface area contributed by atoms with Gasteiger partial charge in [-0.2, -0.15) is 6.92 Å². The lowest BCUT2D eigenvalue weighted by Crippen LogP contribution is -1.57. The molecule has 0 heterocycles. The Balaban J connectivity index is 4.65. The molecular formula is C116H5-. The summed E-state index contributed by atoms with van der Waals surface area (Å²) >= 11 is 0. The fraction of sp³-hybridized carbons (Fsp3) is 0.00862. The molecule has 0 nitrogen and oxygen atoms in total. The Morgan fingerprint density at radius 1 is 0.0690 bits per heavy atom. The predicted octanol–water partition coefficient (Wildman–Crippen LogP) is 1.03. The molecule has 0 N–H and O–H groups in total. The maximum Gasteiger partial charge on any atom is 0 e. The second kappa shape index (κ2) is 89.8. The van der Waals surface area contributed by atoms with E-state index in [9.17, 15) is 0 Å². The van der Waals surface area contributed by atoms with E-state index in [0.29, 0.717) is 0 Å². The summed E-state index contributed by atoms with van der Waals surface area (Å²) in [5, 5.41) is 0. The molecule has 0 aromatic carbocycles. The summed E-state index contributed by atoms with van der Waals surface area (Å²) in [6, 6.07) is 0. The van der Waals surface area contributed by atoms with Crippen LogP contribution in [0.4, 0.5) is 0 Å². The maximum absolute atomic E-state index is 3.32. The third kappa shape index (κ3) is 88.8. The van der Waals surface area contributed by atoms with Gasteiger partial charge in [-0.25, -0.2) is 5.92 Å². The third-order valence-electron chi connectivity index (χ3n) is 7.15. The molecule has 0 aliphatic heterocycles. The second-order valence-corrected chi connectivity index (χ2v) is 14.4. The van der Waals surface area contributed by atoms with Gasteiger partial charge in [-0.05, 0) is 102 Å². The molecule has 0 fully saturated rings. The zero-order valence-electron chi connectivity index (χ0n) is 58.7. The van der Waals surface area contributed by atoms with Crippen LogP contribution in [0.5, 0.6) is 0 Å². The van der Waals surface area contributed by atoms with Crippen LogP contribution in [-0.2, 0) is 0 Å². The Morgan fingerprint density at radius 3 is 0.155 bits per heavy atom. The zero-order valence-corrected chi connectivity index (χ0v) is 58.7. The van der Waals surface area contributed by atoms with Crippen LogP contribution < -0.4 is 0 Å². The first-order valence-electron chi connectivity index (χ1n) is 29.1. The van der Waals surface area contributed by atoms with Crippen LogP contribution >= 0.6 is 0 Å². The molecule has 0 aliphatic carbocycles. The summed E-state index contributed by atoms with van der Waals surface area (Å²) in [5.74, 6) is 285. The molecule has 0 rings (SSSR count). The standard InChI is InChI=1S/C116H5/c1-3-5-7-9-11-13-15-17-19-21-23-25-27-29-31-33-35-37-39-41-43-45-47-49-51-53-55-57-59-61-63-65-67-69-71-73-75-77-79-81-83-85-87-89-91-93-95-97-99-101-103-105-107-109-111-113-115-116-114-112-110-108-106-104-102-100-98-96-94-92-90-88-86-84-82-80-78-76-74-72-70-68-66-64-62-60-58-56-54-52-50-48-46-44-42-40-38-36-34-32-30-28-26-24-22-20-18-16-14-12-10-8-6-4-2/h1H2,2H3/q-1. The van der Waals surface area contributed by atoms with Gasteiger partial charge >= 0.3 is 0 Å². The van der Waals surface area contributed by atoms with Crippen LogP contribution in [-0.4, -0.2) is 0 Å². The fourth-order valence-corrected chi connectivity index (χ4v) is 3.54. The van der Waals surface area contributed by atoms with E-state index in [1.54, 1.807) is 6.92 Å². The van der Waals surface area contributed by atoms with Crippen molar-refractivity contribution in [1.82, 2.24) is 0 Å². The second-order valence-electron chi connectivity index (χ2n) is 14.4. The topological polar surface area (TPSA) is 0 Å². The lowest BCUT2D eigenvalue weighted by atomic mass is 10.4. The first-order valence-corrected chi connectivity index (χ1v) is 29.1. The molecule has 116 heavy (non-hydrogen) atoms. The molecule has 0 aromatic heterocycles. The summed E-state index contributed by atoms with van der Waals surface area (Å²) in [7, 11) is 0. The van der Waals surface area contributed by atoms with Crippen LogP contribution in [0.25, 0.3) is 0 Å². The van der Waals surface area contributed by atoms with E-state index in [-0.39, 0.29) is 0 Å². The highest BCUT2D eigenvalue weighted by atomic mass is 13.7. The lowest BCUT2D eigenvalue weighted by Gasteiger charge is -1.64. The molecule has 0 heteroatoms. The summed E-state index contributed by atoms with van der Waals surface area (Å²) in [6.45, 7) is 5.00. The average Bonchev–Trinajstić information content (AvgIpc) is 1.67. The molecule has 0 radical (unpaired) electrons. The normalized spacial score (nSPS) is 3.97. The van der Waals surface area contributed by atoms with E-state index in [4.69, 9.17) is 0 Å². The van der Waals surface area contributed by atoms with E-state index in [1.165, 1.54) is 0 Å². The number of hydrogen-bond donors (Lipinski definition) is 0. The van der Waals surface area contributed by atoms with Gasteiger partial charge in [0.2, 0.25) is 0 Å². The van der Waals surface area contributed by atoms with Gasteiger partial charge in [0.05, 0.1) is 0 Å². The molecule has 0 amide bonds. The minimum atomic E-state index is 1.68. The third-order valence-corrected chi connectivity index (χ3v) is 7.15. The Bertz CT molecular complexity index is 7710. The highest BCUT2D eigenvalue weighted by molar-refractivity contribution is 5.57. The van der Waals surface area contributed by atoms with Crippen LogP contribution in [0.2, 0.25) is 0 Å². The van der Waals surface area contributed by atoms with Gasteiger partial charge in [0.15, 0.2) is 0 Å². The fourth-order valence-electron chi connectivity index (χ4n) is 3.54. The van der Waals surface area contributed by atoms with E-state index in [2.05, 4.69) is 682 Å². The molecule has 0 unspecified atom stereocenters. The molecule has 0 aromatic rings. The Hall–Kier alpha value is -25.2. The van der Waals surface area contributed by atoms with Crippen molar-refractivity contribution in [3.63, 3.8) is 0 Å². The molecule has 0 saturated carbocycles. The van der Waals surface area contributed by atoms with Crippen molar-refractivity contribution < 1.29 is 0 Å². The average molecular weight is 1400 g/mol. The predicted molar refractivity (Wildman–Crippen MR) is 454 cm³/mol. The van der Waals surface area contributed by atoms with E-state index < -0.39 is 0 Å². The van der Waals surface area contributed by atoms with Crippen molar-refractivity contribution in [1.29, 1.82) is 0 Å². The van der Waals surface area contributed by atoms with Crippen molar-refractivity contribution in [3.8, 4) is 675 Å². The van der Waals surface area contributed by atoms with Gasteiger partial charge in [-0.1, -0.05) is 5.92 Å². The first kappa shape index (κ1) is 90.8. The van der Waals surface area contributed by atoms with Gasteiger partial charge in [-0.3, -0.25) is 5.92 Å². The molecule has 470 valence electrons. The van der Waals surface area contributed by atoms with Crippen molar-refractivity contribution in [2.24, 2.45) is 0 Å². The van der Waals surface area contributed by atoms with Crippen LogP contribution in [0.15, 0.2) is 0 Å². The van der Waals surface area contributed by atoms with Crippen molar-refractivity contribution in [2.75, 3.05) is 0 Å². The van der Waals surface area contributed by atoms with Crippen molar-refractivity contribution in [2.45, 2.75) is 6.92 Å². The highest BCUT2D eigenvalue weighted by Gasteiger charge is 1.68. The van der Waals surface area contributed by atoms with Crippen LogP contribution in [0.1, 0.15) is 6.92 Å². The number of rotatable bonds is 0. The number of hydrogen-bond acceptors (Lipinski definition) is 0. The molecule has 0 spiro atoms. The smallest absolute Gasteiger partial charge is 0 e. The van der Waals surface area contributed by atoms with Gasteiger partial charge < -0.3 is 0 Å². The molecule has 0 saturated heterocycles. The lowest BCUT2D eigenvalue weighted by molar-refractivity contribution is 1.92. The maximum atomic E-state index is 3.32. The summed E-state index contributed by atoms with van der Waals surface area (Å²) in [5.41, 5.74) is 0. The van der Waals surface area contributed by atoms with Crippen molar-refractivity contribution >= 4 is 0 Å². The molecule has 0 atom stereocenters. The Morgan fingerprint density at radius 2 is 0.112 bits per heavy atom. The minimum absolute atomic E-state index is 1.68. The van der Waals surface area contributed by atoms with Crippen molar-refractivity contribution in [3.05, 3.63) is 6.92 Å². The van der Waals surface area contributed by atoms with E-state index in [1.807, 2.05) is 0 Å². The largest absolute Gasteiger partial charge is 0.284 e. The summed E-state index contributed by atoms with van der Waals surface area (Å²) in [4.78, 5) is 0. The molecular weight excluding hydrogens is 1390 g/mol. The Labute approximate surface area is 684 Å². The quantitative estimate of drug-likeness (QED) is 0.252. The minimum Gasteiger partial charge on any atom is -0.284 e. The van der Waals surface area contributed by atoms with Crippen LogP contribution in [0.3, 0.4) is 0 Å². The molecule has 0 aliphatic rings. The first-order chi connectivity index (χ1) is 57.9. The summed E-state index contributed by atoms with van der Waals surface area (Å²) in [6.07, 6.45) is 0. The van der Waals surface area contributed by atoms with E-state index in [0.717, 1.165) is 0 Å². The monoisotopic (exact) mass is 1400 g/mol. The van der Waals surface area contributed by atoms with Crippen LogP contribution in [0, 0.1) is 682 Å². The Kier molecular flexibility index (Phi) is 70.3. The van der Waals surface area contributed by atoms with Gasteiger partial charge in [0.25, 0.3) is 0 Å². The van der Waals surface area contributed by atoms with Gasteiger partial charge in [0, 0.05) is 557 Å². The summed E-state index contributed by atoms with van der Waals surface area (Å²) < 4.78 is 0. The molecule has 0 bridgehead atoms.